The highest BCUT2D eigenvalue weighted by molar-refractivity contribution is 5.27. The molecule has 5 heteroatoms. The van der Waals surface area contributed by atoms with Crippen LogP contribution in [0.1, 0.15) is 12.0 Å². The zero-order valence-corrected chi connectivity index (χ0v) is 10.1. The molecule has 0 heterocycles. The van der Waals surface area contributed by atoms with Gasteiger partial charge >= 0.3 is 6.61 Å². The summed E-state index contributed by atoms with van der Waals surface area (Å²) >= 11 is 0. The lowest BCUT2D eigenvalue weighted by atomic mass is 10.2. The minimum Gasteiger partial charge on any atom is -0.502 e. The third-order valence-corrected chi connectivity index (χ3v) is 2.21. The molecule has 0 fully saturated rings. The molecule has 0 saturated carbocycles. The average Bonchev–Trinajstić information content (AvgIpc) is 2.35. The Morgan fingerprint density at radius 2 is 2.00 bits per heavy atom. The minimum atomic E-state index is -2.78. The van der Waals surface area contributed by atoms with Crippen LogP contribution in [0.4, 0.5) is 8.78 Å². The second-order valence-corrected chi connectivity index (χ2v) is 3.59. The minimum absolute atomic E-state index is 0.174. The van der Waals surface area contributed by atoms with E-state index in [0.717, 1.165) is 18.5 Å². The first-order valence-corrected chi connectivity index (χ1v) is 5.69. The van der Waals surface area contributed by atoms with Crippen LogP contribution in [0.3, 0.4) is 0 Å². The number of benzene rings is 1. The fourth-order valence-electron chi connectivity index (χ4n) is 1.39. The molecular weight excluding hydrogens is 240 g/mol. The van der Waals surface area contributed by atoms with Gasteiger partial charge in [-0.05, 0) is 30.7 Å². The summed E-state index contributed by atoms with van der Waals surface area (Å²) in [7, 11) is 0. The monoisotopic (exact) mass is 257 g/mol. The van der Waals surface area contributed by atoms with Crippen LogP contribution in [0.15, 0.2) is 37.1 Å². The van der Waals surface area contributed by atoms with E-state index >= 15 is 0 Å². The van der Waals surface area contributed by atoms with Crippen molar-refractivity contribution in [2.24, 2.45) is 0 Å². The van der Waals surface area contributed by atoms with Crippen LogP contribution in [-0.2, 0) is 11.3 Å². The van der Waals surface area contributed by atoms with Crippen molar-refractivity contribution in [2.45, 2.75) is 19.6 Å². The Morgan fingerprint density at radius 3 is 2.61 bits per heavy atom. The van der Waals surface area contributed by atoms with Crippen molar-refractivity contribution in [1.82, 2.24) is 5.32 Å². The standard InChI is InChI=1S/C13H17F2NO2/c1-2-17-9-3-8-16-10-11-4-6-12(7-5-11)18-13(14)15/h2,4-7,13,16H,1,3,8-10H2. The molecule has 3 nitrogen and oxygen atoms in total. The molecular formula is C13H17F2NO2. The first-order chi connectivity index (χ1) is 8.72. The number of hydrogen-bond donors (Lipinski definition) is 1. The topological polar surface area (TPSA) is 30.5 Å². The van der Waals surface area contributed by atoms with E-state index < -0.39 is 6.61 Å². The van der Waals surface area contributed by atoms with Gasteiger partial charge in [0, 0.05) is 6.54 Å². The molecule has 1 aromatic rings. The zero-order chi connectivity index (χ0) is 13.2. The van der Waals surface area contributed by atoms with Gasteiger partial charge in [-0.3, -0.25) is 0 Å². The summed E-state index contributed by atoms with van der Waals surface area (Å²) in [6.45, 7) is 2.81. The normalized spacial score (nSPS) is 10.4. The number of hydrogen-bond acceptors (Lipinski definition) is 3. The second kappa shape index (κ2) is 8.47. The van der Waals surface area contributed by atoms with E-state index in [0.29, 0.717) is 13.2 Å². The van der Waals surface area contributed by atoms with E-state index in [4.69, 9.17) is 4.74 Å². The van der Waals surface area contributed by atoms with Crippen LogP contribution in [0.5, 0.6) is 5.75 Å². The van der Waals surface area contributed by atoms with Crippen LogP contribution in [-0.4, -0.2) is 19.8 Å². The molecule has 0 bridgehead atoms. The van der Waals surface area contributed by atoms with Crippen molar-refractivity contribution in [3.63, 3.8) is 0 Å². The van der Waals surface area contributed by atoms with Crippen LogP contribution in [0, 0.1) is 0 Å². The molecule has 1 aromatic carbocycles. The predicted octanol–water partition coefficient (Wildman–Crippen LogP) is 2.93. The summed E-state index contributed by atoms with van der Waals surface area (Å²) in [5.74, 6) is 0.174. The van der Waals surface area contributed by atoms with E-state index in [1.807, 2.05) is 0 Å². The highest BCUT2D eigenvalue weighted by Gasteiger charge is 2.03. The molecule has 0 unspecified atom stereocenters. The van der Waals surface area contributed by atoms with Crippen LogP contribution < -0.4 is 10.1 Å². The van der Waals surface area contributed by atoms with Gasteiger partial charge in [0.25, 0.3) is 0 Å². The van der Waals surface area contributed by atoms with E-state index in [-0.39, 0.29) is 5.75 Å². The largest absolute Gasteiger partial charge is 0.502 e. The van der Waals surface area contributed by atoms with Gasteiger partial charge in [0.15, 0.2) is 0 Å². The summed E-state index contributed by atoms with van der Waals surface area (Å²) < 4.78 is 33.1. The molecule has 0 aromatic heterocycles. The maximum Gasteiger partial charge on any atom is 0.387 e. The van der Waals surface area contributed by atoms with Crippen LogP contribution >= 0.6 is 0 Å². The van der Waals surface area contributed by atoms with Crippen molar-refractivity contribution in [3.8, 4) is 5.75 Å². The van der Waals surface area contributed by atoms with E-state index in [1.165, 1.54) is 18.4 Å². The average molecular weight is 257 g/mol. The number of alkyl halides is 2. The highest BCUT2D eigenvalue weighted by Crippen LogP contribution is 2.14. The van der Waals surface area contributed by atoms with E-state index in [9.17, 15) is 8.78 Å². The quantitative estimate of drug-likeness (QED) is 0.545. The summed E-state index contributed by atoms with van der Waals surface area (Å²) in [5.41, 5.74) is 1.02. The van der Waals surface area contributed by atoms with Crippen LogP contribution in [0.2, 0.25) is 0 Å². The summed E-state index contributed by atoms with van der Waals surface area (Å²) in [5, 5.41) is 3.22. The maximum absolute atomic E-state index is 11.9. The Bertz CT molecular complexity index is 341. The number of ether oxygens (including phenoxy) is 2. The predicted molar refractivity (Wildman–Crippen MR) is 65.5 cm³/mol. The molecule has 0 radical (unpaired) electrons. The van der Waals surface area contributed by atoms with E-state index in [1.54, 1.807) is 12.1 Å². The Balaban J connectivity index is 2.20. The molecule has 1 N–H and O–H groups in total. The van der Waals surface area contributed by atoms with Gasteiger partial charge in [0.1, 0.15) is 5.75 Å². The Hall–Kier alpha value is -1.62. The molecule has 0 spiro atoms. The Morgan fingerprint density at radius 1 is 1.28 bits per heavy atom. The van der Waals surface area contributed by atoms with Crippen molar-refractivity contribution < 1.29 is 18.3 Å². The lowest BCUT2D eigenvalue weighted by Crippen LogP contribution is -2.15. The van der Waals surface area contributed by atoms with Crippen LogP contribution in [0.25, 0.3) is 0 Å². The smallest absolute Gasteiger partial charge is 0.387 e. The molecule has 100 valence electrons. The first-order valence-electron chi connectivity index (χ1n) is 5.69. The molecule has 0 atom stereocenters. The summed E-state index contributed by atoms with van der Waals surface area (Å²) in [4.78, 5) is 0. The molecule has 0 aliphatic rings. The van der Waals surface area contributed by atoms with Gasteiger partial charge in [0.05, 0.1) is 12.9 Å². The SMILES string of the molecule is C=COCCCNCc1ccc(OC(F)F)cc1. The number of halogens is 2. The highest BCUT2D eigenvalue weighted by atomic mass is 19.3. The lowest BCUT2D eigenvalue weighted by molar-refractivity contribution is -0.0498. The molecule has 0 amide bonds. The second-order valence-electron chi connectivity index (χ2n) is 3.59. The lowest BCUT2D eigenvalue weighted by Gasteiger charge is -2.07. The fourth-order valence-corrected chi connectivity index (χ4v) is 1.39. The summed E-state index contributed by atoms with van der Waals surface area (Å²) in [6.07, 6.45) is 2.31. The fraction of sp³-hybridized carbons (Fsp3) is 0.385. The number of nitrogens with one attached hydrogen (secondary N) is 1. The van der Waals surface area contributed by atoms with E-state index in [2.05, 4.69) is 16.6 Å². The third kappa shape index (κ3) is 6.20. The molecule has 0 saturated heterocycles. The Kier molecular flexibility index (Phi) is 6.79. The van der Waals surface area contributed by atoms with Gasteiger partial charge in [-0.2, -0.15) is 8.78 Å². The Labute approximate surface area is 105 Å². The van der Waals surface area contributed by atoms with Crippen molar-refractivity contribution >= 4 is 0 Å². The molecule has 1 rings (SSSR count). The van der Waals surface area contributed by atoms with Gasteiger partial charge in [-0.25, -0.2) is 0 Å². The van der Waals surface area contributed by atoms with Gasteiger partial charge < -0.3 is 14.8 Å². The van der Waals surface area contributed by atoms with Crippen molar-refractivity contribution in [3.05, 3.63) is 42.7 Å². The molecule has 0 aliphatic heterocycles. The van der Waals surface area contributed by atoms with Gasteiger partial charge in [-0.15, -0.1) is 0 Å². The van der Waals surface area contributed by atoms with Gasteiger partial charge in [-0.1, -0.05) is 18.7 Å². The first kappa shape index (κ1) is 14.4. The zero-order valence-electron chi connectivity index (χ0n) is 10.1. The molecule has 18 heavy (non-hydrogen) atoms. The molecule has 0 aliphatic carbocycles. The van der Waals surface area contributed by atoms with Crippen molar-refractivity contribution in [1.29, 1.82) is 0 Å². The maximum atomic E-state index is 11.9. The summed E-state index contributed by atoms with van der Waals surface area (Å²) in [6, 6.07) is 6.57. The third-order valence-electron chi connectivity index (χ3n) is 2.21. The van der Waals surface area contributed by atoms with Gasteiger partial charge in [0.2, 0.25) is 0 Å². The van der Waals surface area contributed by atoms with Crippen molar-refractivity contribution in [2.75, 3.05) is 13.2 Å². The number of rotatable bonds is 9.